The summed E-state index contributed by atoms with van der Waals surface area (Å²) in [7, 11) is 9.78. The van der Waals surface area contributed by atoms with Gasteiger partial charge in [-0.3, -0.25) is 4.79 Å². The van der Waals surface area contributed by atoms with E-state index in [0.717, 1.165) is 57.3 Å². The van der Waals surface area contributed by atoms with E-state index in [1.54, 1.807) is 18.4 Å². The summed E-state index contributed by atoms with van der Waals surface area (Å²) in [6.07, 6.45) is 6.12. The molecule has 0 fully saturated rings. The number of aryl methyl sites for hydroxylation is 1. The molecule has 5 rings (SSSR count). The smallest absolute Gasteiger partial charge is 0.272 e. The third-order valence-corrected chi connectivity index (χ3v) is 8.27. The van der Waals surface area contributed by atoms with E-state index in [-0.39, 0.29) is 5.91 Å². The second-order valence-corrected chi connectivity index (χ2v) is 11.3. The Labute approximate surface area is 244 Å². The fourth-order valence-electron chi connectivity index (χ4n) is 4.89. The number of ether oxygens (including phenoxy) is 1. The van der Waals surface area contributed by atoms with Crippen LogP contribution in [0.5, 0.6) is 5.75 Å². The standard InChI is InChI=1S/C32H36N6O2S/c1-36(2)15-16-37(3)14-8-10-23-19-34-31(33)29-24(20-41-30(23)29)21-12-13-25(28(18-21)40-5)35-32(39)27-17-22-9-6-7-11-26(22)38(27)4/h6-13,17-20H,14-16H2,1-5H3,(H2,33,34)(H,35,39)/b10-8+. The average Bonchev–Trinajstić information content (AvgIpc) is 3.56. The lowest BCUT2D eigenvalue weighted by Crippen LogP contribution is -2.28. The van der Waals surface area contributed by atoms with Crippen LogP contribution in [0.15, 0.2) is 66.2 Å². The molecule has 9 heteroatoms. The molecular weight excluding hydrogens is 532 g/mol. The summed E-state index contributed by atoms with van der Waals surface area (Å²) in [4.78, 5) is 22.2. The fourth-order valence-corrected chi connectivity index (χ4v) is 5.97. The number of benzene rings is 2. The number of thiophene rings is 1. The first kappa shape index (κ1) is 28.4. The number of fused-ring (bicyclic) bond motifs is 2. The van der Waals surface area contributed by atoms with Crippen LogP contribution in [0.25, 0.3) is 38.2 Å². The van der Waals surface area contributed by atoms with Crippen molar-refractivity contribution in [2.75, 3.05) is 58.9 Å². The van der Waals surface area contributed by atoms with Crippen LogP contribution in [0.3, 0.4) is 0 Å². The van der Waals surface area contributed by atoms with Gasteiger partial charge in [-0.05, 0) is 56.4 Å². The summed E-state index contributed by atoms with van der Waals surface area (Å²) in [6, 6.07) is 15.6. The van der Waals surface area contributed by atoms with E-state index in [0.29, 0.717) is 22.9 Å². The van der Waals surface area contributed by atoms with Crippen molar-refractivity contribution in [3.05, 3.63) is 77.4 Å². The highest BCUT2D eigenvalue weighted by Crippen LogP contribution is 2.41. The average molecular weight is 569 g/mol. The number of anilines is 2. The van der Waals surface area contributed by atoms with Gasteiger partial charge in [0.25, 0.3) is 5.91 Å². The molecule has 0 aliphatic carbocycles. The lowest BCUT2D eigenvalue weighted by atomic mass is 10.0. The van der Waals surface area contributed by atoms with Crippen LogP contribution in [-0.4, -0.2) is 73.1 Å². The Morgan fingerprint density at radius 2 is 1.95 bits per heavy atom. The molecule has 0 unspecified atom stereocenters. The molecule has 0 saturated carbocycles. The van der Waals surface area contributed by atoms with Gasteiger partial charge in [-0.15, -0.1) is 11.3 Å². The minimum atomic E-state index is -0.201. The molecule has 8 nitrogen and oxygen atoms in total. The number of rotatable bonds is 10. The van der Waals surface area contributed by atoms with Crippen molar-refractivity contribution in [1.29, 1.82) is 0 Å². The minimum absolute atomic E-state index is 0.201. The Balaban J connectivity index is 1.39. The Morgan fingerprint density at radius 3 is 2.71 bits per heavy atom. The number of nitrogens with one attached hydrogen (secondary N) is 1. The second-order valence-electron chi connectivity index (χ2n) is 10.4. The number of aromatic nitrogens is 2. The molecule has 3 aromatic heterocycles. The van der Waals surface area contributed by atoms with E-state index < -0.39 is 0 Å². The van der Waals surface area contributed by atoms with Crippen molar-refractivity contribution in [3.63, 3.8) is 0 Å². The lowest BCUT2D eigenvalue weighted by Gasteiger charge is -2.17. The number of carbonyl (C=O) groups excluding carboxylic acids is 1. The van der Waals surface area contributed by atoms with Gasteiger partial charge in [-0.2, -0.15) is 0 Å². The van der Waals surface area contributed by atoms with Crippen molar-refractivity contribution in [1.82, 2.24) is 19.4 Å². The van der Waals surface area contributed by atoms with Gasteiger partial charge in [-0.25, -0.2) is 4.98 Å². The zero-order chi connectivity index (χ0) is 29.1. The molecular formula is C32H36N6O2S. The number of methoxy groups -OCH3 is 1. The molecule has 0 aliphatic heterocycles. The topological polar surface area (TPSA) is 88.7 Å². The van der Waals surface area contributed by atoms with E-state index >= 15 is 0 Å². The van der Waals surface area contributed by atoms with Gasteiger partial charge in [0.2, 0.25) is 0 Å². The quantitative estimate of drug-likeness (QED) is 0.221. The molecule has 0 aliphatic rings. The summed E-state index contributed by atoms with van der Waals surface area (Å²) in [5.74, 6) is 0.855. The first-order valence-corrected chi connectivity index (χ1v) is 14.3. The number of likely N-dealkylation sites (N-methyl/N-ethyl adjacent to an activating group) is 2. The lowest BCUT2D eigenvalue weighted by molar-refractivity contribution is 0.101. The van der Waals surface area contributed by atoms with Crippen LogP contribution in [0.1, 0.15) is 16.1 Å². The van der Waals surface area contributed by atoms with Gasteiger partial charge >= 0.3 is 0 Å². The Morgan fingerprint density at radius 1 is 1.15 bits per heavy atom. The number of nitrogen functional groups attached to an aromatic ring is 1. The number of carbonyl (C=O) groups is 1. The van der Waals surface area contributed by atoms with Gasteiger partial charge in [0, 0.05) is 65.0 Å². The van der Waals surface area contributed by atoms with Crippen molar-refractivity contribution >= 4 is 55.8 Å². The minimum Gasteiger partial charge on any atom is -0.495 e. The van der Waals surface area contributed by atoms with Crippen molar-refractivity contribution < 1.29 is 9.53 Å². The molecule has 1 amide bonds. The molecule has 212 valence electrons. The summed E-state index contributed by atoms with van der Waals surface area (Å²) in [6.45, 7) is 2.86. The molecule has 0 spiro atoms. The Bertz CT molecular complexity index is 1740. The monoisotopic (exact) mass is 568 g/mol. The van der Waals surface area contributed by atoms with E-state index in [2.05, 4.69) is 58.8 Å². The predicted octanol–water partition coefficient (Wildman–Crippen LogP) is 5.80. The normalized spacial score (nSPS) is 11.9. The summed E-state index contributed by atoms with van der Waals surface area (Å²) in [5, 5.41) is 7.07. The van der Waals surface area contributed by atoms with Gasteiger partial charge in [-0.1, -0.05) is 36.4 Å². The maximum atomic E-state index is 13.2. The number of nitrogens with zero attached hydrogens (tertiary/aromatic N) is 4. The zero-order valence-corrected chi connectivity index (χ0v) is 25.0. The van der Waals surface area contributed by atoms with E-state index in [4.69, 9.17) is 10.5 Å². The molecule has 5 aromatic rings. The third kappa shape index (κ3) is 5.97. The molecule has 0 radical (unpaired) electrons. The Hall–Kier alpha value is -4.18. The predicted molar refractivity (Wildman–Crippen MR) is 172 cm³/mol. The van der Waals surface area contributed by atoms with Crippen molar-refractivity contribution in [3.8, 4) is 16.9 Å². The first-order valence-electron chi connectivity index (χ1n) is 13.5. The van der Waals surface area contributed by atoms with Gasteiger partial charge in [0.05, 0.1) is 12.8 Å². The highest BCUT2D eigenvalue weighted by molar-refractivity contribution is 7.18. The number of nitrogens with two attached hydrogens (primary N) is 1. The largest absolute Gasteiger partial charge is 0.495 e. The summed E-state index contributed by atoms with van der Waals surface area (Å²) in [5.41, 5.74) is 11.5. The van der Waals surface area contributed by atoms with Crippen LogP contribution in [0, 0.1) is 0 Å². The molecule has 0 atom stereocenters. The first-order chi connectivity index (χ1) is 19.8. The number of para-hydroxylation sites is 1. The Kier molecular flexibility index (Phi) is 8.39. The van der Waals surface area contributed by atoms with E-state index in [9.17, 15) is 4.79 Å². The molecule has 2 aromatic carbocycles. The van der Waals surface area contributed by atoms with Crippen LogP contribution in [0.2, 0.25) is 0 Å². The van der Waals surface area contributed by atoms with Crippen LogP contribution >= 0.6 is 11.3 Å². The van der Waals surface area contributed by atoms with E-state index in [1.165, 1.54) is 0 Å². The molecule has 0 saturated heterocycles. The van der Waals surface area contributed by atoms with E-state index in [1.807, 2.05) is 66.3 Å². The zero-order valence-electron chi connectivity index (χ0n) is 24.1. The van der Waals surface area contributed by atoms with Crippen LogP contribution in [-0.2, 0) is 7.05 Å². The van der Waals surface area contributed by atoms with Crippen LogP contribution < -0.4 is 15.8 Å². The maximum absolute atomic E-state index is 13.2. The highest BCUT2D eigenvalue weighted by atomic mass is 32.1. The maximum Gasteiger partial charge on any atom is 0.272 e. The highest BCUT2D eigenvalue weighted by Gasteiger charge is 2.18. The van der Waals surface area contributed by atoms with Gasteiger partial charge in [0.15, 0.2) is 0 Å². The number of hydrogen-bond acceptors (Lipinski definition) is 7. The molecule has 3 N–H and O–H groups in total. The number of hydrogen-bond donors (Lipinski definition) is 2. The molecule has 41 heavy (non-hydrogen) atoms. The fraction of sp³-hybridized carbons (Fsp3) is 0.250. The number of pyridine rings is 1. The molecule has 3 heterocycles. The second kappa shape index (κ2) is 12.1. The summed E-state index contributed by atoms with van der Waals surface area (Å²) < 4.78 is 8.69. The van der Waals surface area contributed by atoms with Crippen LogP contribution in [0.4, 0.5) is 11.5 Å². The van der Waals surface area contributed by atoms with Crippen molar-refractivity contribution in [2.45, 2.75) is 0 Å². The third-order valence-electron chi connectivity index (χ3n) is 7.24. The van der Waals surface area contributed by atoms with Gasteiger partial charge < -0.3 is 30.2 Å². The van der Waals surface area contributed by atoms with Crippen molar-refractivity contribution in [2.24, 2.45) is 7.05 Å². The summed E-state index contributed by atoms with van der Waals surface area (Å²) >= 11 is 1.65. The van der Waals surface area contributed by atoms with Gasteiger partial charge in [0.1, 0.15) is 17.3 Å². The SMILES string of the molecule is COc1cc(-c2csc3c(/C=C/CN(C)CCN(C)C)cnc(N)c23)ccc1NC(=O)c1cc2ccccc2n1C. The molecule has 0 bridgehead atoms. The number of amides is 1.